The van der Waals surface area contributed by atoms with E-state index in [1.807, 2.05) is 0 Å². The predicted octanol–water partition coefficient (Wildman–Crippen LogP) is 0.808. The van der Waals surface area contributed by atoms with Gasteiger partial charge in [-0.25, -0.2) is 0 Å². The number of aliphatic hydroxyl groups is 2. The summed E-state index contributed by atoms with van der Waals surface area (Å²) < 4.78 is 0. The summed E-state index contributed by atoms with van der Waals surface area (Å²) in [4.78, 5) is 0. The Balaban J connectivity index is 2.73. The molecule has 12 heavy (non-hydrogen) atoms. The SMILES string of the molecule is OCC[C@@H](O)c1cccc(O)c1. The normalized spacial score (nSPS) is 12.8. The van der Waals surface area contributed by atoms with Crippen molar-refractivity contribution >= 4 is 0 Å². The lowest BCUT2D eigenvalue weighted by Gasteiger charge is -2.08. The molecule has 0 heterocycles. The van der Waals surface area contributed by atoms with Gasteiger partial charge in [0.25, 0.3) is 0 Å². The van der Waals surface area contributed by atoms with Gasteiger partial charge in [-0.1, -0.05) is 12.1 Å². The Morgan fingerprint density at radius 2 is 2.08 bits per heavy atom. The molecule has 1 aromatic rings. The fraction of sp³-hybridized carbons (Fsp3) is 0.333. The average Bonchev–Trinajstić information content (AvgIpc) is 2.05. The number of benzene rings is 1. The number of phenols is 1. The molecule has 1 aromatic carbocycles. The van der Waals surface area contributed by atoms with Gasteiger partial charge >= 0.3 is 0 Å². The van der Waals surface area contributed by atoms with Crippen molar-refractivity contribution < 1.29 is 15.3 Å². The molecule has 0 aromatic heterocycles. The molecule has 3 N–H and O–H groups in total. The number of hydrogen-bond acceptors (Lipinski definition) is 3. The molecule has 3 nitrogen and oxygen atoms in total. The fourth-order valence-electron chi connectivity index (χ4n) is 1.02. The summed E-state index contributed by atoms with van der Waals surface area (Å²) in [6.07, 6.45) is -0.397. The summed E-state index contributed by atoms with van der Waals surface area (Å²) in [7, 11) is 0. The Kier molecular flexibility index (Phi) is 3.08. The molecule has 0 unspecified atom stereocenters. The molecule has 0 saturated carbocycles. The molecule has 0 spiro atoms. The van der Waals surface area contributed by atoms with Crippen LogP contribution >= 0.6 is 0 Å². The second-order valence-corrected chi connectivity index (χ2v) is 2.62. The van der Waals surface area contributed by atoms with Crippen molar-refractivity contribution in [3.63, 3.8) is 0 Å². The van der Waals surface area contributed by atoms with Gasteiger partial charge in [-0.3, -0.25) is 0 Å². The lowest BCUT2D eigenvalue weighted by molar-refractivity contribution is 0.134. The summed E-state index contributed by atoms with van der Waals surface area (Å²) in [5.74, 6) is 0.129. The summed E-state index contributed by atoms with van der Waals surface area (Å²) in [5, 5.41) is 27.0. The van der Waals surface area contributed by atoms with E-state index in [2.05, 4.69) is 0 Å². The van der Waals surface area contributed by atoms with Crippen LogP contribution in [-0.4, -0.2) is 21.9 Å². The summed E-state index contributed by atoms with van der Waals surface area (Å²) in [5.41, 5.74) is 0.629. The minimum Gasteiger partial charge on any atom is -0.508 e. The molecule has 0 aliphatic heterocycles. The average molecular weight is 168 g/mol. The third-order valence-corrected chi connectivity index (χ3v) is 1.66. The van der Waals surface area contributed by atoms with Crippen molar-refractivity contribution in [2.75, 3.05) is 6.61 Å². The third-order valence-electron chi connectivity index (χ3n) is 1.66. The van der Waals surface area contributed by atoms with Crippen molar-refractivity contribution in [2.24, 2.45) is 0 Å². The van der Waals surface area contributed by atoms with Gasteiger partial charge in [-0.15, -0.1) is 0 Å². The van der Waals surface area contributed by atoms with E-state index in [9.17, 15) is 5.11 Å². The maximum Gasteiger partial charge on any atom is 0.115 e. The molecule has 1 atom stereocenters. The first-order valence-corrected chi connectivity index (χ1v) is 3.82. The Labute approximate surface area is 70.9 Å². The summed E-state index contributed by atoms with van der Waals surface area (Å²) >= 11 is 0. The van der Waals surface area contributed by atoms with Crippen LogP contribution in [0.1, 0.15) is 18.1 Å². The van der Waals surface area contributed by atoms with Gasteiger partial charge in [-0.05, 0) is 17.7 Å². The molecule has 3 heteroatoms. The van der Waals surface area contributed by atoms with Crippen LogP contribution in [0, 0.1) is 0 Å². The Morgan fingerprint density at radius 1 is 1.33 bits per heavy atom. The first-order chi connectivity index (χ1) is 5.74. The van der Waals surface area contributed by atoms with Gasteiger partial charge in [-0.2, -0.15) is 0 Å². The number of aromatic hydroxyl groups is 1. The lowest BCUT2D eigenvalue weighted by atomic mass is 10.1. The van der Waals surface area contributed by atoms with Crippen LogP contribution in [0.2, 0.25) is 0 Å². The predicted molar refractivity (Wildman–Crippen MR) is 44.8 cm³/mol. The second-order valence-electron chi connectivity index (χ2n) is 2.62. The zero-order chi connectivity index (χ0) is 8.97. The Hall–Kier alpha value is -1.06. The second kappa shape index (κ2) is 4.09. The molecule has 0 fully saturated rings. The van der Waals surface area contributed by atoms with Crippen molar-refractivity contribution in [3.05, 3.63) is 29.8 Å². The van der Waals surface area contributed by atoms with Crippen molar-refractivity contribution in [2.45, 2.75) is 12.5 Å². The van der Waals surface area contributed by atoms with E-state index in [4.69, 9.17) is 10.2 Å². The van der Waals surface area contributed by atoms with E-state index >= 15 is 0 Å². The highest BCUT2D eigenvalue weighted by atomic mass is 16.3. The number of aliphatic hydroxyl groups excluding tert-OH is 2. The number of rotatable bonds is 3. The van der Waals surface area contributed by atoms with Gasteiger partial charge < -0.3 is 15.3 Å². The van der Waals surface area contributed by atoms with Gasteiger partial charge in [0, 0.05) is 13.0 Å². The van der Waals surface area contributed by atoms with E-state index in [1.54, 1.807) is 12.1 Å². The van der Waals surface area contributed by atoms with Gasteiger partial charge in [0.1, 0.15) is 5.75 Å². The highest BCUT2D eigenvalue weighted by Gasteiger charge is 2.06. The van der Waals surface area contributed by atoms with Gasteiger partial charge in [0.2, 0.25) is 0 Å². The molecular weight excluding hydrogens is 156 g/mol. The molecule has 66 valence electrons. The van der Waals surface area contributed by atoms with Crippen LogP contribution in [0.4, 0.5) is 0 Å². The van der Waals surface area contributed by atoms with Crippen LogP contribution < -0.4 is 0 Å². The summed E-state index contributed by atoms with van der Waals surface area (Å²) in [6.45, 7) is -0.0587. The van der Waals surface area contributed by atoms with Crippen LogP contribution in [0.15, 0.2) is 24.3 Å². The largest absolute Gasteiger partial charge is 0.508 e. The number of hydrogen-bond donors (Lipinski definition) is 3. The molecule has 0 bridgehead atoms. The van der Waals surface area contributed by atoms with E-state index in [0.29, 0.717) is 12.0 Å². The maximum atomic E-state index is 9.37. The van der Waals surface area contributed by atoms with Gasteiger partial charge in [0.15, 0.2) is 0 Å². The Bertz CT molecular complexity index is 247. The highest BCUT2D eigenvalue weighted by Crippen LogP contribution is 2.19. The zero-order valence-electron chi connectivity index (χ0n) is 6.64. The standard InChI is InChI=1S/C9H12O3/c10-5-4-9(12)7-2-1-3-8(11)6-7/h1-3,6,9-12H,4-5H2/t9-/m1/s1. The van der Waals surface area contributed by atoms with E-state index in [1.165, 1.54) is 12.1 Å². The first kappa shape index (κ1) is 9.03. The molecular formula is C9H12O3. The quantitative estimate of drug-likeness (QED) is 0.625. The fourth-order valence-corrected chi connectivity index (χ4v) is 1.02. The van der Waals surface area contributed by atoms with Crippen molar-refractivity contribution in [3.8, 4) is 5.75 Å². The zero-order valence-corrected chi connectivity index (χ0v) is 6.64. The van der Waals surface area contributed by atoms with Crippen molar-refractivity contribution in [1.82, 2.24) is 0 Å². The molecule has 0 radical (unpaired) electrons. The van der Waals surface area contributed by atoms with E-state index in [0.717, 1.165) is 0 Å². The van der Waals surface area contributed by atoms with Crippen LogP contribution in [0.3, 0.4) is 0 Å². The highest BCUT2D eigenvalue weighted by molar-refractivity contribution is 5.28. The third kappa shape index (κ3) is 2.22. The molecule has 0 saturated heterocycles. The topological polar surface area (TPSA) is 60.7 Å². The lowest BCUT2D eigenvalue weighted by Crippen LogP contribution is -1.99. The monoisotopic (exact) mass is 168 g/mol. The molecule has 0 aliphatic rings. The van der Waals surface area contributed by atoms with Crippen molar-refractivity contribution in [1.29, 1.82) is 0 Å². The first-order valence-electron chi connectivity index (χ1n) is 3.82. The number of phenolic OH excluding ortho intramolecular Hbond substituents is 1. The summed E-state index contributed by atoms with van der Waals surface area (Å²) in [6, 6.07) is 6.39. The van der Waals surface area contributed by atoms with E-state index in [-0.39, 0.29) is 12.4 Å². The Morgan fingerprint density at radius 3 is 2.67 bits per heavy atom. The van der Waals surface area contributed by atoms with Gasteiger partial charge in [0.05, 0.1) is 6.10 Å². The van der Waals surface area contributed by atoms with E-state index < -0.39 is 6.10 Å². The molecule has 1 rings (SSSR count). The molecule has 0 amide bonds. The van der Waals surface area contributed by atoms with Crippen LogP contribution in [0.25, 0.3) is 0 Å². The molecule has 0 aliphatic carbocycles. The van der Waals surface area contributed by atoms with Crippen LogP contribution in [-0.2, 0) is 0 Å². The minimum absolute atomic E-state index is 0.0587. The smallest absolute Gasteiger partial charge is 0.115 e. The van der Waals surface area contributed by atoms with Crippen LogP contribution in [0.5, 0.6) is 5.75 Å². The maximum absolute atomic E-state index is 9.37. The minimum atomic E-state index is -0.693.